The van der Waals surface area contributed by atoms with Gasteiger partial charge in [-0.3, -0.25) is 4.98 Å². The van der Waals surface area contributed by atoms with Crippen LogP contribution in [0.15, 0.2) is 53.0 Å². The average Bonchev–Trinajstić information content (AvgIpc) is 3.32. The fraction of sp³-hybridized carbons (Fsp3) is 0.0870. The van der Waals surface area contributed by atoms with Crippen LogP contribution in [0.2, 0.25) is 5.02 Å². The standard InChI is InChI=1S/C23H15ClN6OS2/c1-31-16-5-2-13(3-6-16)20-17(8-25)21(27)30-22(18(20)9-26)32-11-15-12-33-23(29-15)19-7-4-14(24)10-28-19/h2-7,10,12H,11H2,1H3,(H2,27,30). The third-order valence-corrected chi connectivity index (χ3v) is 6.80. The Kier molecular flexibility index (Phi) is 6.76. The molecule has 3 heterocycles. The van der Waals surface area contributed by atoms with Gasteiger partial charge in [-0.2, -0.15) is 10.5 Å². The van der Waals surface area contributed by atoms with Crippen LogP contribution >= 0.6 is 34.7 Å². The summed E-state index contributed by atoms with van der Waals surface area (Å²) >= 11 is 8.72. The minimum atomic E-state index is 0.0779. The molecular weight excluding hydrogens is 476 g/mol. The number of nitrogen functional groups attached to an aromatic ring is 1. The summed E-state index contributed by atoms with van der Waals surface area (Å²) < 4.78 is 5.20. The van der Waals surface area contributed by atoms with Gasteiger partial charge in [0.05, 0.1) is 29.1 Å². The van der Waals surface area contributed by atoms with Crippen molar-refractivity contribution in [1.82, 2.24) is 15.0 Å². The lowest BCUT2D eigenvalue weighted by Gasteiger charge is -2.13. The number of halogens is 1. The number of rotatable bonds is 6. The number of ether oxygens (including phenoxy) is 1. The number of thioether (sulfide) groups is 1. The van der Waals surface area contributed by atoms with Gasteiger partial charge in [-0.25, -0.2) is 9.97 Å². The van der Waals surface area contributed by atoms with Crippen molar-refractivity contribution < 1.29 is 4.74 Å². The molecule has 33 heavy (non-hydrogen) atoms. The van der Waals surface area contributed by atoms with Crippen LogP contribution in [0, 0.1) is 22.7 Å². The fourth-order valence-corrected chi connectivity index (χ4v) is 4.98. The molecule has 3 aromatic heterocycles. The number of pyridine rings is 2. The number of hydrogen-bond acceptors (Lipinski definition) is 9. The van der Waals surface area contributed by atoms with E-state index in [0.717, 1.165) is 16.4 Å². The maximum Gasteiger partial charge on any atom is 0.143 e. The fourth-order valence-electron chi connectivity index (χ4n) is 3.08. The smallest absolute Gasteiger partial charge is 0.143 e. The molecule has 0 spiro atoms. The van der Waals surface area contributed by atoms with Crippen LogP contribution in [0.1, 0.15) is 16.8 Å². The molecule has 0 atom stereocenters. The minimum Gasteiger partial charge on any atom is -0.497 e. The summed E-state index contributed by atoms with van der Waals surface area (Å²) in [5.74, 6) is 1.22. The first-order valence-electron chi connectivity index (χ1n) is 9.51. The predicted molar refractivity (Wildman–Crippen MR) is 130 cm³/mol. The Morgan fingerprint density at radius 1 is 1.09 bits per heavy atom. The van der Waals surface area contributed by atoms with Crippen LogP contribution in [0.5, 0.6) is 5.75 Å². The van der Waals surface area contributed by atoms with Gasteiger partial charge < -0.3 is 10.5 Å². The molecule has 0 aliphatic carbocycles. The summed E-state index contributed by atoms with van der Waals surface area (Å²) in [6.45, 7) is 0. The average molecular weight is 491 g/mol. The second-order valence-electron chi connectivity index (χ2n) is 6.67. The number of nitriles is 2. The summed E-state index contributed by atoms with van der Waals surface area (Å²) in [6, 6.07) is 15.0. The van der Waals surface area contributed by atoms with Crippen molar-refractivity contribution in [3.8, 4) is 39.7 Å². The molecule has 0 aliphatic heterocycles. The molecule has 0 fully saturated rings. The highest BCUT2D eigenvalue weighted by Gasteiger charge is 2.21. The number of nitrogens with zero attached hydrogens (tertiary/aromatic N) is 5. The molecule has 0 radical (unpaired) electrons. The van der Waals surface area contributed by atoms with Crippen molar-refractivity contribution in [3.05, 3.63) is 69.8 Å². The quantitative estimate of drug-likeness (QED) is 0.349. The normalized spacial score (nSPS) is 10.4. The van der Waals surface area contributed by atoms with Gasteiger partial charge in [0.2, 0.25) is 0 Å². The van der Waals surface area contributed by atoms with Crippen molar-refractivity contribution in [3.63, 3.8) is 0 Å². The number of nitrogens with two attached hydrogens (primary N) is 1. The molecule has 162 valence electrons. The number of hydrogen-bond donors (Lipinski definition) is 1. The number of thiazole rings is 1. The molecule has 0 aliphatic rings. The van der Waals surface area contributed by atoms with Crippen LogP contribution in [0.25, 0.3) is 21.8 Å². The molecule has 2 N–H and O–H groups in total. The second-order valence-corrected chi connectivity index (χ2v) is 8.93. The van der Waals surface area contributed by atoms with Crippen LogP contribution < -0.4 is 10.5 Å². The Labute approximate surface area is 203 Å². The van der Waals surface area contributed by atoms with Gasteiger partial charge in [-0.1, -0.05) is 35.5 Å². The molecule has 0 saturated heterocycles. The lowest BCUT2D eigenvalue weighted by atomic mass is 9.97. The molecule has 7 nitrogen and oxygen atoms in total. The van der Waals surface area contributed by atoms with Crippen LogP contribution in [-0.4, -0.2) is 22.1 Å². The lowest BCUT2D eigenvalue weighted by molar-refractivity contribution is 0.415. The third kappa shape index (κ3) is 4.76. The molecule has 0 saturated carbocycles. The van der Waals surface area contributed by atoms with E-state index in [0.29, 0.717) is 38.2 Å². The van der Waals surface area contributed by atoms with E-state index < -0.39 is 0 Å². The lowest BCUT2D eigenvalue weighted by Crippen LogP contribution is -2.03. The van der Waals surface area contributed by atoms with Gasteiger partial charge >= 0.3 is 0 Å². The van der Waals surface area contributed by atoms with E-state index in [2.05, 4.69) is 27.1 Å². The highest BCUT2D eigenvalue weighted by molar-refractivity contribution is 7.98. The Bertz CT molecular complexity index is 1390. The summed E-state index contributed by atoms with van der Waals surface area (Å²) in [5, 5.41) is 23.3. The Morgan fingerprint density at radius 2 is 1.85 bits per heavy atom. The first-order valence-corrected chi connectivity index (χ1v) is 11.8. The SMILES string of the molecule is COc1ccc(-c2c(C#N)c(N)nc(SCc3csc(-c4ccc(Cl)cn4)n3)c2C#N)cc1. The number of benzene rings is 1. The molecule has 1 aromatic carbocycles. The Hall–Kier alpha value is -3.63. The van der Waals surface area contributed by atoms with Gasteiger partial charge in [0, 0.05) is 22.9 Å². The summed E-state index contributed by atoms with van der Waals surface area (Å²) in [4.78, 5) is 13.3. The van der Waals surface area contributed by atoms with Gasteiger partial charge in [0.25, 0.3) is 0 Å². The second kappa shape index (κ2) is 9.88. The third-order valence-electron chi connectivity index (χ3n) is 4.65. The first-order chi connectivity index (χ1) is 16.0. The van der Waals surface area contributed by atoms with Gasteiger partial charge in [-0.15, -0.1) is 11.3 Å². The van der Waals surface area contributed by atoms with E-state index in [9.17, 15) is 10.5 Å². The number of anilines is 1. The largest absolute Gasteiger partial charge is 0.497 e. The summed E-state index contributed by atoms with van der Waals surface area (Å²) in [6.07, 6.45) is 1.58. The first kappa shape index (κ1) is 22.6. The zero-order chi connectivity index (χ0) is 23.4. The molecule has 4 aromatic rings. The zero-order valence-electron chi connectivity index (χ0n) is 17.2. The molecule has 0 bridgehead atoms. The van der Waals surface area contributed by atoms with Gasteiger partial charge in [0.15, 0.2) is 0 Å². The molecule has 4 rings (SSSR count). The van der Waals surface area contributed by atoms with Gasteiger partial charge in [0.1, 0.15) is 39.3 Å². The van der Waals surface area contributed by atoms with Crippen molar-refractivity contribution in [2.24, 2.45) is 0 Å². The maximum absolute atomic E-state index is 9.93. The van der Waals surface area contributed by atoms with E-state index in [1.165, 1.54) is 23.1 Å². The summed E-state index contributed by atoms with van der Waals surface area (Å²) in [7, 11) is 1.57. The van der Waals surface area contributed by atoms with E-state index in [-0.39, 0.29) is 11.4 Å². The maximum atomic E-state index is 9.93. The molecule has 10 heteroatoms. The summed E-state index contributed by atoms with van der Waals surface area (Å²) in [5.41, 5.74) is 9.26. The minimum absolute atomic E-state index is 0.0779. The number of aromatic nitrogens is 3. The van der Waals surface area contributed by atoms with Crippen molar-refractivity contribution >= 4 is 40.5 Å². The van der Waals surface area contributed by atoms with E-state index in [4.69, 9.17) is 22.1 Å². The molecular formula is C23H15ClN6OS2. The van der Waals surface area contributed by atoms with E-state index in [1.807, 2.05) is 11.4 Å². The molecule has 0 unspecified atom stereocenters. The van der Waals surface area contributed by atoms with Crippen LogP contribution in [0.4, 0.5) is 5.82 Å². The van der Waals surface area contributed by atoms with Gasteiger partial charge in [-0.05, 0) is 29.8 Å². The number of methoxy groups -OCH3 is 1. The topological polar surface area (TPSA) is 122 Å². The van der Waals surface area contributed by atoms with Crippen molar-refractivity contribution in [2.45, 2.75) is 10.8 Å². The Balaban J connectivity index is 1.66. The van der Waals surface area contributed by atoms with Crippen LogP contribution in [0.3, 0.4) is 0 Å². The van der Waals surface area contributed by atoms with Crippen molar-refractivity contribution in [2.75, 3.05) is 12.8 Å². The highest BCUT2D eigenvalue weighted by Crippen LogP contribution is 2.37. The van der Waals surface area contributed by atoms with E-state index in [1.54, 1.807) is 43.6 Å². The van der Waals surface area contributed by atoms with Crippen molar-refractivity contribution in [1.29, 1.82) is 10.5 Å². The monoisotopic (exact) mass is 490 g/mol. The van der Waals surface area contributed by atoms with Crippen LogP contribution in [-0.2, 0) is 5.75 Å². The molecule has 0 amide bonds. The highest BCUT2D eigenvalue weighted by atomic mass is 35.5. The zero-order valence-corrected chi connectivity index (χ0v) is 19.6. The predicted octanol–water partition coefficient (Wildman–Crippen LogP) is 5.55. The Morgan fingerprint density at radius 3 is 2.48 bits per heavy atom. The van der Waals surface area contributed by atoms with E-state index >= 15 is 0 Å².